The Morgan fingerprint density at radius 3 is 2.43 bits per heavy atom. The normalized spacial score (nSPS) is 18.4. The molecule has 0 saturated carbocycles. The maximum absolute atomic E-state index is 14.3. The van der Waals surface area contributed by atoms with Crippen molar-refractivity contribution in [3.63, 3.8) is 0 Å². The van der Waals surface area contributed by atoms with Gasteiger partial charge in [0.1, 0.15) is 23.7 Å². The fourth-order valence-corrected chi connectivity index (χ4v) is 8.59. The predicted molar refractivity (Wildman–Crippen MR) is 210 cm³/mol. The van der Waals surface area contributed by atoms with Gasteiger partial charge < -0.3 is 28.8 Å². The number of pyridine rings is 1. The number of amides is 1. The van der Waals surface area contributed by atoms with Gasteiger partial charge in [0.05, 0.1) is 17.9 Å². The summed E-state index contributed by atoms with van der Waals surface area (Å²) < 4.78 is 27.0. The Labute approximate surface area is 316 Å². The largest absolute Gasteiger partial charge is 0.434 e. The second-order valence-corrected chi connectivity index (χ2v) is 21.9. The summed E-state index contributed by atoms with van der Waals surface area (Å²) in [5.74, 6) is 2.04. The Kier molecular flexibility index (Phi) is 11.8. The molecule has 0 N–H and O–H groups in total. The highest BCUT2D eigenvalue weighted by atomic mass is 28.4. The molecule has 6 rings (SSSR count). The van der Waals surface area contributed by atoms with Crippen LogP contribution in [-0.4, -0.2) is 103 Å². The van der Waals surface area contributed by atoms with Crippen molar-refractivity contribution in [2.45, 2.75) is 98.0 Å². The first kappa shape index (κ1) is 39.0. The van der Waals surface area contributed by atoms with Crippen molar-refractivity contribution in [2.75, 3.05) is 62.2 Å². The van der Waals surface area contributed by atoms with Crippen LogP contribution in [0.25, 0.3) is 0 Å². The first-order chi connectivity index (χ1) is 25.2. The molecule has 1 amide bonds. The molecule has 0 radical (unpaired) electrons. The number of piperidine rings is 2. The van der Waals surface area contributed by atoms with Crippen molar-refractivity contribution in [1.82, 2.24) is 30.0 Å². The second kappa shape index (κ2) is 16.0. The molecule has 0 aliphatic carbocycles. The molecule has 13 heteroatoms. The summed E-state index contributed by atoms with van der Waals surface area (Å²) >= 11 is 0. The Hall–Kier alpha value is -3.68. The van der Waals surface area contributed by atoms with Crippen LogP contribution < -0.4 is 14.5 Å². The number of anilines is 2. The average molecular weight is 747 g/mol. The van der Waals surface area contributed by atoms with E-state index in [0.717, 1.165) is 70.2 Å². The van der Waals surface area contributed by atoms with E-state index in [1.54, 1.807) is 4.90 Å². The van der Waals surface area contributed by atoms with Crippen molar-refractivity contribution in [3.8, 4) is 11.6 Å². The number of carbonyl (C=O) groups is 1. The Morgan fingerprint density at radius 1 is 1.06 bits per heavy atom. The number of halogens is 1. The molecular weight excluding hydrogens is 688 g/mol. The lowest BCUT2D eigenvalue weighted by molar-refractivity contribution is 0.0640. The highest BCUT2D eigenvalue weighted by molar-refractivity contribution is 6.74. The van der Waals surface area contributed by atoms with Crippen LogP contribution in [0.5, 0.6) is 11.6 Å². The zero-order valence-electron chi connectivity index (χ0n) is 33.1. The molecular formula is C40H59FN8O3Si. The lowest BCUT2D eigenvalue weighted by Gasteiger charge is -2.54. The standard InChI is InChI=1S/C40H59FN8O3Si/c1-9-49(29(2)3)38(50)33-23-31(41)13-14-34(33)52-37-36(42-28-43-45-37)48-26-40(27-48)17-21-46(22-18-40)24-30-15-19-47(20-16-30)35-12-10-11-32(44-35)25-51-53(7,8)39(4,5)6/h10-14,23,28-30H,9,15-22,24-27H2,1-8H3. The molecule has 1 aromatic carbocycles. The lowest BCUT2D eigenvalue weighted by atomic mass is 9.72. The fraction of sp³-hybridized carbons (Fsp3) is 0.625. The Bertz CT molecular complexity index is 1710. The first-order valence-corrected chi connectivity index (χ1v) is 22.4. The maximum Gasteiger partial charge on any atom is 0.282 e. The highest BCUT2D eigenvalue weighted by Crippen LogP contribution is 2.45. The molecule has 53 heavy (non-hydrogen) atoms. The predicted octanol–water partition coefficient (Wildman–Crippen LogP) is 7.41. The summed E-state index contributed by atoms with van der Waals surface area (Å²) in [4.78, 5) is 31.9. The molecule has 5 heterocycles. The van der Waals surface area contributed by atoms with Gasteiger partial charge >= 0.3 is 0 Å². The summed E-state index contributed by atoms with van der Waals surface area (Å²) in [6.07, 6.45) is 6.07. The van der Waals surface area contributed by atoms with Gasteiger partial charge in [0.25, 0.3) is 11.8 Å². The molecule has 2 aromatic heterocycles. The van der Waals surface area contributed by atoms with E-state index in [0.29, 0.717) is 24.9 Å². The summed E-state index contributed by atoms with van der Waals surface area (Å²) in [5.41, 5.74) is 1.41. The van der Waals surface area contributed by atoms with E-state index in [1.165, 1.54) is 37.4 Å². The van der Waals surface area contributed by atoms with Gasteiger partial charge in [-0.15, -0.1) is 10.2 Å². The molecule has 1 spiro atoms. The van der Waals surface area contributed by atoms with Gasteiger partial charge in [0.2, 0.25) is 0 Å². The molecule has 3 saturated heterocycles. The van der Waals surface area contributed by atoms with Crippen LogP contribution in [0.1, 0.15) is 83.3 Å². The van der Waals surface area contributed by atoms with E-state index in [4.69, 9.17) is 14.1 Å². The smallest absolute Gasteiger partial charge is 0.282 e. The summed E-state index contributed by atoms with van der Waals surface area (Å²) in [5, 5.41) is 8.40. The molecule has 0 bridgehead atoms. The number of aromatic nitrogens is 4. The molecule has 0 unspecified atom stereocenters. The van der Waals surface area contributed by atoms with E-state index in [2.05, 4.69) is 81.9 Å². The number of carbonyl (C=O) groups excluding carboxylic acids is 1. The molecule has 288 valence electrons. The van der Waals surface area contributed by atoms with Gasteiger partial charge in [-0.05, 0) is 114 Å². The summed E-state index contributed by atoms with van der Waals surface area (Å²) in [6, 6.07) is 10.3. The maximum atomic E-state index is 14.3. The van der Waals surface area contributed by atoms with Crippen molar-refractivity contribution in [2.24, 2.45) is 11.3 Å². The molecule has 3 aliphatic rings. The zero-order chi connectivity index (χ0) is 38.0. The SMILES string of the molecule is CCN(C(=O)c1cc(F)ccc1Oc1nncnc1N1CC2(CCN(CC3CCN(c4cccc(CO[Si](C)(C)C(C)(C)C)n4)CC3)CC2)C1)C(C)C. The number of ether oxygens (including phenoxy) is 1. The van der Waals surface area contributed by atoms with Crippen LogP contribution >= 0.6 is 0 Å². The number of rotatable bonds is 12. The first-order valence-electron chi connectivity index (χ1n) is 19.5. The highest BCUT2D eigenvalue weighted by Gasteiger charge is 2.46. The molecule has 3 aliphatic heterocycles. The summed E-state index contributed by atoms with van der Waals surface area (Å²) in [7, 11) is -1.83. The fourth-order valence-electron chi connectivity index (χ4n) is 7.65. The minimum atomic E-state index is -1.83. The van der Waals surface area contributed by atoms with Crippen LogP contribution in [0.15, 0.2) is 42.7 Å². The quantitative estimate of drug-likeness (QED) is 0.174. The minimum Gasteiger partial charge on any atom is -0.434 e. The minimum absolute atomic E-state index is 0.0428. The number of nitrogens with zero attached hydrogens (tertiary/aromatic N) is 8. The number of hydrogen-bond donors (Lipinski definition) is 0. The number of benzene rings is 1. The molecule has 3 aromatic rings. The Morgan fingerprint density at radius 2 is 1.77 bits per heavy atom. The van der Waals surface area contributed by atoms with Crippen LogP contribution in [0.3, 0.4) is 0 Å². The van der Waals surface area contributed by atoms with Crippen LogP contribution in [-0.2, 0) is 11.0 Å². The van der Waals surface area contributed by atoms with Crippen molar-refractivity contribution < 1.29 is 18.3 Å². The van der Waals surface area contributed by atoms with Gasteiger partial charge in [-0.3, -0.25) is 4.79 Å². The van der Waals surface area contributed by atoms with Gasteiger partial charge in [0, 0.05) is 50.7 Å². The van der Waals surface area contributed by atoms with E-state index in [9.17, 15) is 9.18 Å². The van der Waals surface area contributed by atoms with Crippen molar-refractivity contribution in [3.05, 3.63) is 59.8 Å². The van der Waals surface area contributed by atoms with E-state index in [1.807, 2.05) is 20.8 Å². The number of likely N-dealkylation sites (tertiary alicyclic amines) is 1. The van der Waals surface area contributed by atoms with Crippen molar-refractivity contribution in [1.29, 1.82) is 0 Å². The van der Waals surface area contributed by atoms with E-state index in [-0.39, 0.29) is 39.6 Å². The number of hydrogen-bond acceptors (Lipinski definition) is 10. The van der Waals surface area contributed by atoms with Crippen molar-refractivity contribution >= 4 is 25.9 Å². The van der Waals surface area contributed by atoms with Crippen LogP contribution in [0, 0.1) is 17.2 Å². The second-order valence-electron chi connectivity index (χ2n) is 17.1. The average Bonchev–Trinajstić information content (AvgIpc) is 3.11. The third-order valence-electron chi connectivity index (χ3n) is 12.1. The topological polar surface area (TPSA) is 100 Å². The molecule has 11 nitrogen and oxygen atoms in total. The van der Waals surface area contributed by atoms with E-state index >= 15 is 0 Å². The van der Waals surface area contributed by atoms with Crippen LogP contribution in [0.4, 0.5) is 16.0 Å². The third kappa shape index (κ3) is 9.00. The molecule has 0 atom stereocenters. The zero-order valence-corrected chi connectivity index (χ0v) is 34.1. The molecule has 3 fully saturated rings. The monoisotopic (exact) mass is 746 g/mol. The van der Waals surface area contributed by atoms with Gasteiger partial charge in [-0.2, -0.15) is 0 Å². The van der Waals surface area contributed by atoms with Gasteiger partial charge in [-0.1, -0.05) is 26.8 Å². The van der Waals surface area contributed by atoms with E-state index < -0.39 is 14.1 Å². The summed E-state index contributed by atoms with van der Waals surface area (Å²) in [6.45, 7) is 25.4. The van der Waals surface area contributed by atoms with Gasteiger partial charge in [-0.25, -0.2) is 14.4 Å². The lowest BCUT2D eigenvalue weighted by Crippen LogP contribution is -2.61. The Balaban J connectivity index is 0.983. The third-order valence-corrected chi connectivity index (χ3v) is 16.6. The van der Waals surface area contributed by atoms with Crippen LogP contribution in [0.2, 0.25) is 18.1 Å². The van der Waals surface area contributed by atoms with Gasteiger partial charge in [0.15, 0.2) is 14.1 Å².